The fourth-order valence-electron chi connectivity index (χ4n) is 2.81. The van der Waals surface area contributed by atoms with Crippen molar-refractivity contribution in [2.75, 3.05) is 26.7 Å². The first kappa shape index (κ1) is 17.2. The van der Waals surface area contributed by atoms with Crippen molar-refractivity contribution in [2.24, 2.45) is 7.05 Å². The van der Waals surface area contributed by atoms with Crippen LogP contribution in [-0.4, -0.2) is 41.1 Å². The van der Waals surface area contributed by atoms with Crippen molar-refractivity contribution >= 4 is 15.9 Å². The number of likely N-dealkylation sites (N-methyl/N-ethyl adjacent to an activating group) is 2. The molecule has 2 aromatic rings. The zero-order valence-corrected chi connectivity index (χ0v) is 15.4. The Labute approximate surface area is 141 Å². The number of nitrogens with one attached hydrogen (secondary N) is 1. The SMILES string of the molecule is CCN(CC)C(CNC)c1nc(-c2ccccc2)n(C)c1Br. The van der Waals surface area contributed by atoms with E-state index in [0.29, 0.717) is 0 Å². The highest BCUT2D eigenvalue weighted by atomic mass is 79.9. The lowest BCUT2D eigenvalue weighted by molar-refractivity contribution is 0.212. The van der Waals surface area contributed by atoms with Gasteiger partial charge in [-0.15, -0.1) is 0 Å². The molecule has 5 heteroatoms. The van der Waals surface area contributed by atoms with Crippen molar-refractivity contribution in [3.05, 3.63) is 40.6 Å². The van der Waals surface area contributed by atoms with Gasteiger partial charge in [0.25, 0.3) is 0 Å². The van der Waals surface area contributed by atoms with E-state index in [1.54, 1.807) is 0 Å². The summed E-state index contributed by atoms with van der Waals surface area (Å²) in [4.78, 5) is 7.38. The molecule has 0 saturated heterocycles. The van der Waals surface area contributed by atoms with Crippen LogP contribution in [0.4, 0.5) is 0 Å². The smallest absolute Gasteiger partial charge is 0.140 e. The van der Waals surface area contributed by atoms with Gasteiger partial charge in [0.05, 0.1) is 11.7 Å². The van der Waals surface area contributed by atoms with Crippen LogP contribution >= 0.6 is 15.9 Å². The standard InChI is InChI=1S/C17H25BrN4/c1-5-22(6-2)14(12-19-3)15-16(18)21(4)17(20-15)13-10-8-7-9-11-13/h7-11,14,19H,5-6,12H2,1-4H3. The number of hydrogen-bond acceptors (Lipinski definition) is 3. The van der Waals surface area contributed by atoms with Crippen molar-refractivity contribution in [1.82, 2.24) is 19.8 Å². The summed E-state index contributed by atoms with van der Waals surface area (Å²) in [6.07, 6.45) is 0. The molecule has 1 atom stereocenters. The molecule has 0 fully saturated rings. The first-order valence-corrected chi connectivity index (χ1v) is 8.59. The summed E-state index contributed by atoms with van der Waals surface area (Å²) in [6.45, 7) is 7.28. The molecule has 0 bridgehead atoms. The number of imidazole rings is 1. The van der Waals surface area contributed by atoms with Gasteiger partial charge in [-0.1, -0.05) is 44.2 Å². The second kappa shape index (κ2) is 7.90. The van der Waals surface area contributed by atoms with Gasteiger partial charge >= 0.3 is 0 Å². The highest BCUT2D eigenvalue weighted by molar-refractivity contribution is 9.10. The summed E-state index contributed by atoms with van der Waals surface area (Å²) in [6, 6.07) is 10.6. The van der Waals surface area contributed by atoms with Crippen LogP contribution in [0.2, 0.25) is 0 Å². The summed E-state index contributed by atoms with van der Waals surface area (Å²) in [5, 5.41) is 3.30. The van der Waals surface area contributed by atoms with Gasteiger partial charge in [-0.05, 0) is 36.1 Å². The van der Waals surface area contributed by atoms with E-state index < -0.39 is 0 Å². The number of nitrogens with zero attached hydrogens (tertiary/aromatic N) is 3. The lowest BCUT2D eigenvalue weighted by atomic mass is 10.2. The van der Waals surface area contributed by atoms with Crippen LogP contribution in [0, 0.1) is 0 Å². The Hall–Kier alpha value is -1.17. The van der Waals surface area contributed by atoms with E-state index in [0.717, 1.165) is 41.3 Å². The van der Waals surface area contributed by atoms with Gasteiger partial charge in [-0.2, -0.15) is 0 Å². The largest absolute Gasteiger partial charge is 0.322 e. The van der Waals surface area contributed by atoms with E-state index in [1.807, 2.05) is 25.2 Å². The number of aromatic nitrogens is 2. The zero-order valence-electron chi connectivity index (χ0n) is 13.8. The summed E-state index contributed by atoms with van der Waals surface area (Å²) < 4.78 is 3.18. The molecule has 0 aliphatic heterocycles. The molecule has 2 rings (SSSR count). The van der Waals surface area contributed by atoms with Crippen LogP contribution in [0.5, 0.6) is 0 Å². The van der Waals surface area contributed by atoms with E-state index in [-0.39, 0.29) is 6.04 Å². The first-order chi connectivity index (χ1) is 10.6. The van der Waals surface area contributed by atoms with Crippen LogP contribution in [0.15, 0.2) is 34.9 Å². The van der Waals surface area contributed by atoms with Gasteiger partial charge < -0.3 is 9.88 Å². The molecule has 1 unspecified atom stereocenters. The first-order valence-electron chi connectivity index (χ1n) is 7.80. The molecule has 0 aliphatic rings. The van der Waals surface area contributed by atoms with Gasteiger partial charge in [0.2, 0.25) is 0 Å². The molecule has 0 aliphatic carbocycles. The van der Waals surface area contributed by atoms with E-state index in [1.165, 1.54) is 0 Å². The fraction of sp³-hybridized carbons (Fsp3) is 0.471. The number of benzene rings is 1. The topological polar surface area (TPSA) is 33.1 Å². The normalized spacial score (nSPS) is 12.8. The minimum absolute atomic E-state index is 0.262. The van der Waals surface area contributed by atoms with Crippen molar-refractivity contribution < 1.29 is 0 Å². The van der Waals surface area contributed by atoms with Gasteiger partial charge in [0.15, 0.2) is 0 Å². The van der Waals surface area contributed by atoms with Crippen molar-refractivity contribution in [3.8, 4) is 11.4 Å². The van der Waals surface area contributed by atoms with Gasteiger partial charge in [0.1, 0.15) is 10.4 Å². The molecule has 0 saturated carbocycles. The predicted molar refractivity (Wildman–Crippen MR) is 95.9 cm³/mol. The van der Waals surface area contributed by atoms with Gasteiger partial charge in [-0.25, -0.2) is 4.98 Å². The second-order valence-electron chi connectivity index (χ2n) is 5.33. The zero-order chi connectivity index (χ0) is 16.1. The lowest BCUT2D eigenvalue weighted by Crippen LogP contribution is -2.35. The molecule has 1 heterocycles. The molecule has 0 radical (unpaired) electrons. The highest BCUT2D eigenvalue weighted by Gasteiger charge is 2.25. The highest BCUT2D eigenvalue weighted by Crippen LogP contribution is 2.31. The molecule has 0 amide bonds. The Morgan fingerprint density at radius 2 is 1.86 bits per heavy atom. The number of halogens is 1. The van der Waals surface area contributed by atoms with Crippen molar-refractivity contribution in [3.63, 3.8) is 0 Å². The third kappa shape index (κ3) is 3.42. The molecule has 1 aromatic heterocycles. The maximum Gasteiger partial charge on any atom is 0.140 e. The van der Waals surface area contributed by atoms with E-state index >= 15 is 0 Å². The van der Waals surface area contributed by atoms with Crippen molar-refractivity contribution in [1.29, 1.82) is 0 Å². The maximum absolute atomic E-state index is 4.95. The Bertz CT molecular complexity index is 590. The minimum Gasteiger partial charge on any atom is -0.322 e. The molecule has 1 aromatic carbocycles. The van der Waals surface area contributed by atoms with E-state index in [4.69, 9.17) is 4.98 Å². The lowest BCUT2D eigenvalue weighted by Gasteiger charge is -2.28. The minimum atomic E-state index is 0.262. The molecule has 0 spiro atoms. The van der Waals surface area contributed by atoms with Crippen molar-refractivity contribution in [2.45, 2.75) is 19.9 Å². The molecule has 22 heavy (non-hydrogen) atoms. The molecule has 4 nitrogen and oxygen atoms in total. The second-order valence-corrected chi connectivity index (χ2v) is 6.08. The molecule has 120 valence electrons. The Morgan fingerprint density at radius 1 is 1.23 bits per heavy atom. The van der Waals surface area contributed by atoms with Crippen LogP contribution in [0.25, 0.3) is 11.4 Å². The maximum atomic E-state index is 4.95. The third-order valence-electron chi connectivity index (χ3n) is 4.05. The average Bonchev–Trinajstić information content (AvgIpc) is 2.84. The Morgan fingerprint density at radius 3 is 2.41 bits per heavy atom. The number of hydrogen-bond donors (Lipinski definition) is 1. The van der Waals surface area contributed by atoms with E-state index in [2.05, 4.69) is 63.7 Å². The summed E-state index contributed by atoms with van der Waals surface area (Å²) >= 11 is 3.74. The summed E-state index contributed by atoms with van der Waals surface area (Å²) in [5.41, 5.74) is 2.24. The molecule has 1 N–H and O–H groups in total. The van der Waals surface area contributed by atoms with Crippen LogP contribution < -0.4 is 5.32 Å². The van der Waals surface area contributed by atoms with Crippen LogP contribution in [-0.2, 0) is 7.05 Å². The monoisotopic (exact) mass is 364 g/mol. The molecular weight excluding hydrogens is 340 g/mol. The van der Waals surface area contributed by atoms with E-state index in [9.17, 15) is 0 Å². The fourth-order valence-corrected chi connectivity index (χ4v) is 3.33. The van der Waals surface area contributed by atoms with Crippen LogP contribution in [0.1, 0.15) is 25.6 Å². The quantitative estimate of drug-likeness (QED) is 0.816. The average molecular weight is 365 g/mol. The summed E-state index contributed by atoms with van der Waals surface area (Å²) in [5.74, 6) is 0.996. The summed E-state index contributed by atoms with van der Waals surface area (Å²) in [7, 11) is 4.05. The third-order valence-corrected chi connectivity index (χ3v) is 4.99. The Kier molecular flexibility index (Phi) is 6.17. The van der Waals surface area contributed by atoms with Gasteiger partial charge in [-0.3, -0.25) is 4.90 Å². The Balaban J connectivity index is 2.46. The predicted octanol–water partition coefficient (Wildman–Crippen LogP) is 3.45. The van der Waals surface area contributed by atoms with Gasteiger partial charge in [0, 0.05) is 19.2 Å². The number of rotatable bonds is 7. The van der Waals surface area contributed by atoms with Crippen LogP contribution in [0.3, 0.4) is 0 Å². The molecular formula is C17H25BrN4.